The Balaban J connectivity index is 2.05. The third kappa shape index (κ3) is 5.20. The van der Waals surface area contributed by atoms with E-state index in [0.29, 0.717) is 5.56 Å². The van der Waals surface area contributed by atoms with Gasteiger partial charge in [0.2, 0.25) is 5.91 Å². The highest BCUT2D eigenvalue weighted by Gasteiger charge is 2.35. The van der Waals surface area contributed by atoms with Gasteiger partial charge in [0.1, 0.15) is 0 Å². The normalized spacial score (nSPS) is 11.8. The SMILES string of the molecule is CC(=O)N(COC(=O)O)S(=O)(=O)c1ccc(-n2nc(C(F)(F)F)cc2-c2cccc(C)c2)cc1. The van der Waals surface area contributed by atoms with Crippen molar-refractivity contribution < 1.29 is 41.0 Å². The Labute approximate surface area is 192 Å². The van der Waals surface area contributed by atoms with E-state index < -0.39 is 45.6 Å². The number of sulfonamides is 1. The molecule has 0 aliphatic heterocycles. The van der Waals surface area contributed by atoms with Crippen LogP contribution in [0.4, 0.5) is 18.0 Å². The van der Waals surface area contributed by atoms with E-state index in [-0.39, 0.29) is 15.7 Å². The average Bonchev–Trinajstić information content (AvgIpc) is 3.19. The molecule has 180 valence electrons. The van der Waals surface area contributed by atoms with E-state index in [9.17, 15) is 31.2 Å². The number of rotatable bonds is 6. The number of carboxylic acid groups (broad SMARTS) is 1. The van der Waals surface area contributed by atoms with Crippen LogP contribution >= 0.6 is 0 Å². The molecular formula is C21H18F3N3O6S. The fourth-order valence-electron chi connectivity index (χ4n) is 3.06. The molecule has 3 aromatic rings. The molecule has 0 radical (unpaired) electrons. The summed E-state index contributed by atoms with van der Waals surface area (Å²) < 4.78 is 71.0. The van der Waals surface area contributed by atoms with E-state index in [1.54, 1.807) is 31.2 Å². The summed E-state index contributed by atoms with van der Waals surface area (Å²) >= 11 is 0. The Morgan fingerprint density at radius 3 is 2.29 bits per heavy atom. The molecule has 0 bridgehead atoms. The number of aromatic nitrogens is 2. The van der Waals surface area contributed by atoms with Gasteiger partial charge in [0.25, 0.3) is 10.0 Å². The average molecular weight is 497 g/mol. The number of alkyl halides is 3. The maximum Gasteiger partial charge on any atom is 0.507 e. The van der Waals surface area contributed by atoms with Crippen LogP contribution in [0.3, 0.4) is 0 Å². The molecule has 0 unspecified atom stereocenters. The maximum atomic E-state index is 13.4. The van der Waals surface area contributed by atoms with Crippen molar-refractivity contribution in [1.82, 2.24) is 14.1 Å². The van der Waals surface area contributed by atoms with Crippen molar-refractivity contribution in [2.45, 2.75) is 24.9 Å². The summed E-state index contributed by atoms with van der Waals surface area (Å²) in [6, 6.07) is 12.2. The lowest BCUT2D eigenvalue weighted by atomic mass is 10.1. The van der Waals surface area contributed by atoms with Crippen LogP contribution in [-0.2, 0) is 25.7 Å². The van der Waals surface area contributed by atoms with Crippen LogP contribution in [0.1, 0.15) is 18.2 Å². The molecule has 1 N–H and O–H groups in total. The highest BCUT2D eigenvalue weighted by molar-refractivity contribution is 7.89. The zero-order valence-corrected chi connectivity index (χ0v) is 18.6. The number of ether oxygens (including phenoxy) is 1. The van der Waals surface area contributed by atoms with Crippen LogP contribution in [0.2, 0.25) is 0 Å². The van der Waals surface area contributed by atoms with Gasteiger partial charge in [-0.05, 0) is 43.3 Å². The number of benzene rings is 2. The number of carbonyl (C=O) groups excluding carboxylic acids is 1. The summed E-state index contributed by atoms with van der Waals surface area (Å²) in [7, 11) is -4.50. The first-order valence-electron chi connectivity index (χ1n) is 9.54. The van der Waals surface area contributed by atoms with Gasteiger partial charge in [0.05, 0.1) is 16.3 Å². The molecule has 2 aromatic carbocycles. The zero-order chi connectivity index (χ0) is 25.3. The lowest BCUT2D eigenvalue weighted by Crippen LogP contribution is -2.37. The van der Waals surface area contributed by atoms with E-state index in [0.717, 1.165) is 35.4 Å². The minimum Gasteiger partial charge on any atom is -0.450 e. The van der Waals surface area contributed by atoms with Gasteiger partial charge in [-0.15, -0.1) is 0 Å². The molecule has 34 heavy (non-hydrogen) atoms. The van der Waals surface area contributed by atoms with E-state index >= 15 is 0 Å². The quantitative estimate of drug-likeness (QED) is 0.403. The topological polar surface area (TPSA) is 119 Å². The molecule has 0 spiro atoms. The minimum absolute atomic E-state index is 0.127. The Morgan fingerprint density at radius 2 is 1.76 bits per heavy atom. The predicted octanol–water partition coefficient (Wildman–Crippen LogP) is 4.06. The van der Waals surface area contributed by atoms with Crippen molar-refractivity contribution >= 4 is 22.1 Å². The summed E-state index contributed by atoms with van der Waals surface area (Å²) in [6.07, 6.45) is -6.49. The van der Waals surface area contributed by atoms with Gasteiger partial charge in [-0.2, -0.15) is 22.6 Å². The lowest BCUT2D eigenvalue weighted by molar-refractivity contribution is -0.141. The van der Waals surface area contributed by atoms with Crippen LogP contribution in [0.25, 0.3) is 16.9 Å². The van der Waals surface area contributed by atoms with Crippen molar-refractivity contribution in [3.63, 3.8) is 0 Å². The van der Waals surface area contributed by atoms with E-state index in [1.165, 1.54) is 12.1 Å². The van der Waals surface area contributed by atoms with Crippen LogP contribution in [0.5, 0.6) is 0 Å². The first-order valence-corrected chi connectivity index (χ1v) is 11.0. The molecule has 0 saturated carbocycles. The Bertz CT molecular complexity index is 1330. The zero-order valence-electron chi connectivity index (χ0n) is 17.8. The molecule has 3 rings (SSSR count). The van der Waals surface area contributed by atoms with Crippen LogP contribution in [0.15, 0.2) is 59.5 Å². The predicted molar refractivity (Wildman–Crippen MR) is 112 cm³/mol. The van der Waals surface area contributed by atoms with Crippen molar-refractivity contribution in [2.75, 3.05) is 6.73 Å². The number of amides is 1. The number of hydrogen-bond acceptors (Lipinski definition) is 6. The van der Waals surface area contributed by atoms with Crippen molar-refractivity contribution in [3.8, 4) is 16.9 Å². The molecule has 13 heteroatoms. The second-order valence-electron chi connectivity index (χ2n) is 7.10. The number of carbonyl (C=O) groups is 2. The summed E-state index contributed by atoms with van der Waals surface area (Å²) in [5.74, 6) is -0.992. The highest BCUT2D eigenvalue weighted by Crippen LogP contribution is 2.33. The number of aryl methyl sites for hydroxylation is 1. The Kier molecular flexibility index (Phi) is 6.68. The molecule has 9 nitrogen and oxygen atoms in total. The van der Waals surface area contributed by atoms with E-state index in [4.69, 9.17) is 5.11 Å². The highest BCUT2D eigenvalue weighted by atomic mass is 32.2. The molecule has 0 aliphatic rings. The summed E-state index contributed by atoms with van der Waals surface area (Å²) in [6.45, 7) is 1.64. The monoisotopic (exact) mass is 497 g/mol. The second-order valence-corrected chi connectivity index (χ2v) is 8.96. The van der Waals surface area contributed by atoms with Crippen LogP contribution in [0, 0.1) is 6.92 Å². The van der Waals surface area contributed by atoms with Gasteiger partial charge in [-0.25, -0.2) is 17.9 Å². The smallest absolute Gasteiger partial charge is 0.450 e. The largest absolute Gasteiger partial charge is 0.507 e. The van der Waals surface area contributed by atoms with Gasteiger partial charge in [-0.1, -0.05) is 23.8 Å². The molecule has 0 aliphatic carbocycles. The minimum atomic E-state index is -4.71. The van der Waals surface area contributed by atoms with Crippen LogP contribution < -0.4 is 0 Å². The number of halogens is 3. The standard InChI is InChI=1S/C21H18F3N3O6S/c1-13-4-3-5-15(10-13)18-11-19(21(22,23)24)25-27(18)16-6-8-17(9-7-16)34(31,32)26(14(2)28)12-33-20(29)30/h3-11H,12H2,1-2H3,(H,29,30). The molecule has 0 fully saturated rings. The summed E-state index contributed by atoms with van der Waals surface area (Å²) in [4.78, 5) is 21.9. The lowest BCUT2D eigenvalue weighted by Gasteiger charge is -2.20. The van der Waals surface area contributed by atoms with E-state index in [2.05, 4.69) is 9.84 Å². The first kappa shape index (κ1) is 24.8. The van der Waals surface area contributed by atoms with Crippen molar-refractivity contribution in [1.29, 1.82) is 0 Å². The first-order chi connectivity index (χ1) is 15.8. The van der Waals surface area contributed by atoms with Gasteiger partial charge in [0, 0.05) is 12.5 Å². The maximum absolute atomic E-state index is 13.4. The van der Waals surface area contributed by atoms with Crippen molar-refractivity contribution in [2.24, 2.45) is 0 Å². The van der Waals surface area contributed by atoms with Gasteiger partial charge < -0.3 is 9.84 Å². The van der Waals surface area contributed by atoms with Gasteiger partial charge in [-0.3, -0.25) is 4.79 Å². The van der Waals surface area contributed by atoms with Gasteiger partial charge >= 0.3 is 12.3 Å². The second kappa shape index (κ2) is 9.17. The number of hydrogen-bond donors (Lipinski definition) is 1. The Hall–Kier alpha value is -3.87. The number of nitrogens with zero attached hydrogens (tertiary/aromatic N) is 3. The van der Waals surface area contributed by atoms with Crippen molar-refractivity contribution in [3.05, 3.63) is 65.9 Å². The molecular weight excluding hydrogens is 479 g/mol. The summed E-state index contributed by atoms with van der Waals surface area (Å²) in [5.41, 5.74) is 0.407. The fourth-order valence-corrected chi connectivity index (χ4v) is 4.32. The summed E-state index contributed by atoms with van der Waals surface area (Å²) in [5, 5.41) is 12.2. The third-order valence-electron chi connectivity index (χ3n) is 4.64. The molecule has 1 heterocycles. The molecule has 0 atom stereocenters. The van der Waals surface area contributed by atoms with E-state index in [1.807, 2.05) is 0 Å². The van der Waals surface area contributed by atoms with Gasteiger partial charge in [0.15, 0.2) is 12.4 Å². The fraction of sp³-hybridized carbons (Fsp3) is 0.190. The van der Waals surface area contributed by atoms with Crippen LogP contribution in [-0.4, -0.2) is 46.4 Å². The molecule has 0 saturated heterocycles. The molecule has 1 amide bonds. The third-order valence-corrected chi connectivity index (χ3v) is 6.45. The Morgan fingerprint density at radius 1 is 1.12 bits per heavy atom. The molecule has 1 aromatic heterocycles.